The molecule has 1 fully saturated rings. The number of para-hydroxylation sites is 1. The van der Waals surface area contributed by atoms with Crippen molar-refractivity contribution in [2.75, 3.05) is 13.2 Å². The third-order valence-electron chi connectivity index (χ3n) is 3.82. The molecular formula is C16H19NO3. The quantitative estimate of drug-likeness (QED) is 0.935. The van der Waals surface area contributed by atoms with E-state index in [0.29, 0.717) is 13.2 Å². The van der Waals surface area contributed by atoms with E-state index in [1.165, 1.54) is 0 Å². The smallest absolute Gasteiger partial charge is 0.223 e. The average Bonchev–Trinajstić information content (AvgIpc) is 2.92. The third-order valence-corrected chi connectivity index (χ3v) is 3.82. The third kappa shape index (κ3) is 2.70. The summed E-state index contributed by atoms with van der Waals surface area (Å²) in [5, 5.41) is 4.10. The van der Waals surface area contributed by atoms with Crippen LogP contribution in [0.5, 0.6) is 0 Å². The fourth-order valence-corrected chi connectivity index (χ4v) is 2.58. The zero-order chi connectivity index (χ0) is 13.9. The summed E-state index contributed by atoms with van der Waals surface area (Å²) < 4.78 is 11.1. The van der Waals surface area contributed by atoms with Gasteiger partial charge in [0.05, 0.1) is 6.04 Å². The minimum Gasteiger partial charge on any atom is -0.459 e. The summed E-state index contributed by atoms with van der Waals surface area (Å²) >= 11 is 0. The van der Waals surface area contributed by atoms with Gasteiger partial charge in [0.25, 0.3) is 0 Å². The van der Waals surface area contributed by atoms with Gasteiger partial charge >= 0.3 is 0 Å². The van der Waals surface area contributed by atoms with E-state index in [2.05, 4.69) is 5.32 Å². The molecule has 1 N–H and O–H groups in total. The van der Waals surface area contributed by atoms with Gasteiger partial charge in [0.2, 0.25) is 5.91 Å². The van der Waals surface area contributed by atoms with Crippen molar-refractivity contribution in [3.63, 3.8) is 0 Å². The van der Waals surface area contributed by atoms with Gasteiger partial charge in [-0.1, -0.05) is 18.2 Å². The number of fused-ring (bicyclic) bond motifs is 1. The summed E-state index contributed by atoms with van der Waals surface area (Å²) in [4.78, 5) is 12.2. The van der Waals surface area contributed by atoms with Crippen LogP contribution in [0.4, 0.5) is 0 Å². The summed E-state index contributed by atoms with van der Waals surface area (Å²) in [6.45, 7) is 3.31. The number of rotatable bonds is 3. The highest BCUT2D eigenvalue weighted by Crippen LogP contribution is 2.24. The molecule has 1 saturated heterocycles. The lowest BCUT2D eigenvalue weighted by Gasteiger charge is -2.22. The van der Waals surface area contributed by atoms with Crippen molar-refractivity contribution in [3.05, 3.63) is 36.1 Å². The minimum atomic E-state index is -0.113. The maximum absolute atomic E-state index is 12.2. The van der Waals surface area contributed by atoms with Crippen molar-refractivity contribution in [3.8, 4) is 0 Å². The van der Waals surface area contributed by atoms with E-state index in [0.717, 1.165) is 29.6 Å². The van der Waals surface area contributed by atoms with Gasteiger partial charge in [0.15, 0.2) is 0 Å². The Morgan fingerprint density at radius 3 is 2.80 bits per heavy atom. The summed E-state index contributed by atoms with van der Waals surface area (Å²) in [5.41, 5.74) is 0.856. The molecule has 4 heteroatoms. The number of nitrogens with one attached hydrogen (secondary N) is 1. The molecule has 1 aliphatic rings. The van der Waals surface area contributed by atoms with Gasteiger partial charge in [-0.2, -0.15) is 0 Å². The highest BCUT2D eigenvalue weighted by atomic mass is 16.5. The van der Waals surface area contributed by atoms with Gasteiger partial charge < -0.3 is 14.5 Å². The van der Waals surface area contributed by atoms with Crippen molar-refractivity contribution < 1.29 is 13.9 Å². The Kier molecular flexibility index (Phi) is 3.74. The summed E-state index contributed by atoms with van der Waals surface area (Å²) in [5.74, 6) is 0.962. The SMILES string of the molecule is CC(NC(=O)C1CCOCC1)c1cc2ccccc2o1. The highest BCUT2D eigenvalue weighted by molar-refractivity contribution is 5.80. The van der Waals surface area contributed by atoms with Gasteiger partial charge in [0, 0.05) is 24.5 Å². The molecule has 106 valence electrons. The fourth-order valence-electron chi connectivity index (χ4n) is 2.58. The van der Waals surface area contributed by atoms with Crippen LogP contribution in [0.3, 0.4) is 0 Å². The predicted molar refractivity (Wildman–Crippen MR) is 76.3 cm³/mol. The fraction of sp³-hybridized carbons (Fsp3) is 0.438. The lowest BCUT2D eigenvalue weighted by molar-refractivity contribution is -0.128. The Labute approximate surface area is 118 Å². The molecule has 0 aliphatic carbocycles. The number of amides is 1. The molecule has 1 amide bonds. The Morgan fingerprint density at radius 2 is 2.05 bits per heavy atom. The standard InChI is InChI=1S/C16H19NO3/c1-11(17-16(18)12-6-8-19-9-7-12)15-10-13-4-2-3-5-14(13)20-15/h2-5,10-12H,6-9H2,1H3,(H,17,18). The molecule has 2 heterocycles. The number of carbonyl (C=O) groups is 1. The number of furan rings is 1. The van der Waals surface area contributed by atoms with E-state index in [1.54, 1.807) is 0 Å². The molecule has 0 radical (unpaired) electrons. The Balaban J connectivity index is 1.68. The van der Waals surface area contributed by atoms with Gasteiger partial charge in [0.1, 0.15) is 11.3 Å². The van der Waals surface area contributed by atoms with Crippen LogP contribution in [0.1, 0.15) is 31.6 Å². The highest BCUT2D eigenvalue weighted by Gasteiger charge is 2.23. The van der Waals surface area contributed by atoms with Crippen LogP contribution < -0.4 is 5.32 Å². The number of benzene rings is 1. The first-order valence-electron chi connectivity index (χ1n) is 7.10. The van der Waals surface area contributed by atoms with Crippen LogP contribution in [0.15, 0.2) is 34.7 Å². The van der Waals surface area contributed by atoms with Gasteiger partial charge in [-0.05, 0) is 31.9 Å². The number of hydrogen-bond acceptors (Lipinski definition) is 3. The second-order valence-electron chi connectivity index (χ2n) is 5.30. The number of hydrogen-bond donors (Lipinski definition) is 1. The molecule has 1 atom stereocenters. The first-order chi connectivity index (χ1) is 9.74. The molecule has 3 rings (SSSR count). The van der Waals surface area contributed by atoms with E-state index in [1.807, 2.05) is 37.3 Å². The van der Waals surface area contributed by atoms with Crippen LogP contribution in [-0.4, -0.2) is 19.1 Å². The first-order valence-corrected chi connectivity index (χ1v) is 7.10. The molecule has 4 nitrogen and oxygen atoms in total. The Bertz CT molecular complexity index is 566. The second kappa shape index (κ2) is 5.67. The molecule has 2 aromatic rings. The van der Waals surface area contributed by atoms with Gasteiger partial charge in [-0.3, -0.25) is 4.79 Å². The van der Waals surface area contributed by atoms with Crippen LogP contribution in [0, 0.1) is 5.92 Å². The maximum atomic E-state index is 12.2. The van der Waals surface area contributed by atoms with E-state index < -0.39 is 0 Å². The van der Waals surface area contributed by atoms with Crippen LogP contribution in [0.2, 0.25) is 0 Å². The number of carbonyl (C=O) groups excluding carboxylic acids is 1. The van der Waals surface area contributed by atoms with Crippen molar-refractivity contribution in [2.24, 2.45) is 5.92 Å². The molecule has 1 unspecified atom stereocenters. The lowest BCUT2D eigenvalue weighted by atomic mass is 9.99. The molecule has 1 aromatic carbocycles. The molecule has 0 spiro atoms. The summed E-state index contributed by atoms with van der Waals surface area (Å²) in [6, 6.07) is 9.75. The van der Waals surface area contributed by atoms with Gasteiger partial charge in [-0.25, -0.2) is 0 Å². The Hall–Kier alpha value is -1.81. The molecule has 20 heavy (non-hydrogen) atoms. The van der Waals surface area contributed by atoms with Crippen molar-refractivity contribution in [1.82, 2.24) is 5.32 Å². The zero-order valence-corrected chi connectivity index (χ0v) is 11.6. The molecule has 0 bridgehead atoms. The van der Waals surface area contributed by atoms with Crippen LogP contribution >= 0.6 is 0 Å². The van der Waals surface area contributed by atoms with Crippen molar-refractivity contribution in [2.45, 2.75) is 25.8 Å². The van der Waals surface area contributed by atoms with Crippen LogP contribution in [0.25, 0.3) is 11.0 Å². The topological polar surface area (TPSA) is 51.5 Å². The van der Waals surface area contributed by atoms with E-state index in [-0.39, 0.29) is 17.9 Å². The molecule has 1 aliphatic heterocycles. The minimum absolute atomic E-state index is 0.0654. The number of ether oxygens (including phenoxy) is 1. The molecular weight excluding hydrogens is 254 g/mol. The van der Waals surface area contributed by atoms with E-state index in [9.17, 15) is 4.79 Å². The predicted octanol–water partition coefficient (Wildman–Crippen LogP) is 3.04. The molecule has 0 saturated carbocycles. The zero-order valence-electron chi connectivity index (χ0n) is 11.6. The Morgan fingerprint density at radius 1 is 1.30 bits per heavy atom. The largest absolute Gasteiger partial charge is 0.459 e. The normalized spacial score (nSPS) is 18.1. The second-order valence-corrected chi connectivity index (χ2v) is 5.30. The average molecular weight is 273 g/mol. The van der Waals surface area contributed by atoms with E-state index in [4.69, 9.17) is 9.15 Å². The van der Waals surface area contributed by atoms with Crippen molar-refractivity contribution >= 4 is 16.9 Å². The summed E-state index contributed by atoms with van der Waals surface area (Å²) in [6.07, 6.45) is 1.61. The lowest BCUT2D eigenvalue weighted by Crippen LogP contribution is -2.35. The van der Waals surface area contributed by atoms with Gasteiger partial charge in [-0.15, -0.1) is 0 Å². The summed E-state index contributed by atoms with van der Waals surface area (Å²) in [7, 11) is 0. The monoisotopic (exact) mass is 273 g/mol. The van der Waals surface area contributed by atoms with Crippen molar-refractivity contribution in [1.29, 1.82) is 0 Å². The first kappa shape index (κ1) is 13.2. The molecule has 1 aromatic heterocycles. The van der Waals surface area contributed by atoms with Crippen LogP contribution in [-0.2, 0) is 9.53 Å². The maximum Gasteiger partial charge on any atom is 0.223 e. The van der Waals surface area contributed by atoms with E-state index >= 15 is 0 Å².